The maximum Gasteiger partial charge on any atom is 0.306 e. The van der Waals surface area contributed by atoms with Gasteiger partial charge in [0.15, 0.2) is 6.10 Å². The van der Waals surface area contributed by atoms with Crippen molar-refractivity contribution in [3.8, 4) is 0 Å². The van der Waals surface area contributed by atoms with Crippen molar-refractivity contribution < 1.29 is 28.6 Å². The number of carbonyl (C=O) groups is 3. The second-order valence-corrected chi connectivity index (χ2v) is 23.4. The fraction of sp³-hybridized carbons (Fsp3) is 0.727. The van der Waals surface area contributed by atoms with Crippen molar-refractivity contribution in [2.45, 2.75) is 348 Å². The van der Waals surface area contributed by atoms with Crippen molar-refractivity contribution in [1.82, 2.24) is 0 Å². The molecule has 0 amide bonds. The number of allylic oxidation sites excluding steroid dienone is 18. The molecule has 0 radical (unpaired) electrons. The molecule has 0 aromatic heterocycles. The second kappa shape index (κ2) is 70.6. The molecule has 0 heterocycles. The van der Waals surface area contributed by atoms with Crippen molar-refractivity contribution in [3.63, 3.8) is 0 Å². The number of hydrogen-bond acceptors (Lipinski definition) is 6. The molecule has 0 saturated heterocycles. The average molecular weight is 1150 g/mol. The zero-order chi connectivity index (χ0) is 59.9. The summed E-state index contributed by atoms with van der Waals surface area (Å²) in [7, 11) is 0. The van der Waals surface area contributed by atoms with E-state index in [0.29, 0.717) is 19.3 Å². The zero-order valence-electron chi connectivity index (χ0n) is 54.7. The van der Waals surface area contributed by atoms with E-state index in [0.717, 1.165) is 116 Å². The molecule has 0 bridgehead atoms. The van der Waals surface area contributed by atoms with E-state index in [-0.39, 0.29) is 37.5 Å². The van der Waals surface area contributed by atoms with E-state index < -0.39 is 6.10 Å². The highest BCUT2D eigenvalue weighted by Crippen LogP contribution is 2.17. The van der Waals surface area contributed by atoms with Crippen LogP contribution in [0.1, 0.15) is 342 Å². The Balaban J connectivity index is 4.22. The van der Waals surface area contributed by atoms with E-state index in [1.807, 2.05) is 0 Å². The summed E-state index contributed by atoms with van der Waals surface area (Å²) < 4.78 is 16.9. The Morgan fingerprint density at radius 2 is 0.482 bits per heavy atom. The first-order valence-electron chi connectivity index (χ1n) is 35.4. The predicted octanol–water partition coefficient (Wildman–Crippen LogP) is 24.6. The summed E-state index contributed by atoms with van der Waals surface area (Å²) in [5.41, 5.74) is 0. The molecule has 0 N–H and O–H groups in total. The second-order valence-electron chi connectivity index (χ2n) is 23.4. The van der Waals surface area contributed by atoms with Gasteiger partial charge in [0.1, 0.15) is 13.2 Å². The lowest BCUT2D eigenvalue weighted by Gasteiger charge is -2.18. The Morgan fingerprint density at radius 3 is 0.783 bits per heavy atom. The van der Waals surface area contributed by atoms with Crippen molar-refractivity contribution in [3.05, 3.63) is 109 Å². The third-order valence-corrected chi connectivity index (χ3v) is 15.2. The van der Waals surface area contributed by atoms with Gasteiger partial charge in [-0.3, -0.25) is 14.4 Å². The van der Waals surface area contributed by atoms with Crippen molar-refractivity contribution in [2.75, 3.05) is 13.2 Å². The molecule has 83 heavy (non-hydrogen) atoms. The highest BCUT2D eigenvalue weighted by Gasteiger charge is 2.19. The molecule has 476 valence electrons. The fourth-order valence-corrected chi connectivity index (χ4v) is 10.0. The first-order chi connectivity index (χ1) is 41.0. The molecule has 0 aliphatic heterocycles. The van der Waals surface area contributed by atoms with Crippen LogP contribution in [0.2, 0.25) is 0 Å². The van der Waals surface area contributed by atoms with Crippen LogP contribution in [0.3, 0.4) is 0 Å². The Hall–Kier alpha value is -3.93. The van der Waals surface area contributed by atoms with Gasteiger partial charge in [-0.05, 0) is 116 Å². The number of rotatable bonds is 64. The van der Waals surface area contributed by atoms with E-state index in [9.17, 15) is 14.4 Å². The molecule has 0 fully saturated rings. The smallest absolute Gasteiger partial charge is 0.306 e. The molecule has 1 unspecified atom stereocenters. The van der Waals surface area contributed by atoms with Gasteiger partial charge >= 0.3 is 17.9 Å². The van der Waals surface area contributed by atoms with Gasteiger partial charge in [-0.1, -0.05) is 316 Å². The Labute approximate surface area is 514 Å². The van der Waals surface area contributed by atoms with Crippen LogP contribution in [-0.2, 0) is 28.6 Å². The minimum Gasteiger partial charge on any atom is -0.462 e. The standard InChI is InChI=1S/C77H132O6/c1-4-7-10-13-16-19-22-25-28-30-31-32-33-34-35-36-37-38-39-40-41-42-43-44-45-47-49-52-55-58-61-64-67-70-76(79)82-73-74(72-81-75(78)69-66-63-60-57-54-51-48-27-24-21-18-15-12-9-6-3)83-77(80)71-68-65-62-59-56-53-50-46-29-26-23-20-17-14-11-8-5-2/h8-9,11-12,17-18,20-21,26-27,29-31,48,50,53,59,62,74H,4-7,10,13-16,19,22-25,28,32-47,49,51-52,54-58,60-61,63-73H2,1-3H3/b11-8-,12-9-,20-17-,21-18-,29-26-,31-30-,48-27-,53-50-,62-59-. The molecule has 0 rings (SSSR count). The molecule has 0 aliphatic rings. The summed E-state index contributed by atoms with van der Waals surface area (Å²) in [6, 6.07) is 0. The molecule has 0 aromatic rings. The molecule has 0 aromatic carbocycles. The van der Waals surface area contributed by atoms with Crippen LogP contribution in [-0.4, -0.2) is 37.2 Å². The van der Waals surface area contributed by atoms with Crippen molar-refractivity contribution in [2.24, 2.45) is 0 Å². The van der Waals surface area contributed by atoms with E-state index >= 15 is 0 Å². The number of hydrogen-bond donors (Lipinski definition) is 0. The quantitative estimate of drug-likeness (QED) is 0.0261. The molecule has 0 spiro atoms. The zero-order valence-corrected chi connectivity index (χ0v) is 54.7. The molecule has 6 nitrogen and oxygen atoms in total. The van der Waals surface area contributed by atoms with Crippen LogP contribution < -0.4 is 0 Å². The Morgan fingerprint density at radius 1 is 0.253 bits per heavy atom. The fourth-order valence-electron chi connectivity index (χ4n) is 10.0. The number of unbranched alkanes of at least 4 members (excludes halogenated alkanes) is 35. The van der Waals surface area contributed by atoms with E-state index in [2.05, 4.69) is 130 Å². The first kappa shape index (κ1) is 79.1. The summed E-state index contributed by atoms with van der Waals surface area (Å²) >= 11 is 0. The number of ether oxygens (including phenoxy) is 3. The summed E-state index contributed by atoms with van der Waals surface area (Å²) in [5.74, 6) is -0.971. The lowest BCUT2D eigenvalue weighted by molar-refractivity contribution is -0.167. The van der Waals surface area contributed by atoms with Crippen LogP contribution in [0.4, 0.5) is 0 Å². The Bertz CT molecular complexity index is 1660. The highest BCUT2D eigenvalue weighted by molar-refractivity contribution is 5.71. The van der Waals surface area contributed by atoms with Gasteiger partial charge in [0.25, 0.3) is 0 Å². The lowest BCUT2D eigenvalue weighted by Crippen LogP contribution is -2.30. The maximum atomic E-state index is 12.9. The average Bonchev–Trinajstić information content (AvgIpc) is 3.49. The summed E-state index contributed by atoms with van der Waals surface area (Å²) in [6.07, 6.45) is 97.2. The third kappa shape index (κ3) is 68.7. The molecule has 0 aliphatic carbocycles. The van der Waals surface area contributed by atoms with Gasteiger partial charge in [-0.2, -0.15) is 0 Å². The minimum atomic E-state index is -0.817. The topological polar surface area (TPSA) is 78.9 Å². The van der Waals surface area contributed by atoms with Crippen LogP contribution in [0.25, 0.3) is 0 Å². The lowest BCUT2D eigenvalue weighted by atomic mass is 10.0. The van der Waals surface area contributed by atoms with Gasteiger partial charge in [-0.25, -0.2) is 0 Å². The maximum absolute atomic E-state index is 12.9. The number of carbonyl (C=O) groups excluding carboxylic acids is 3. The third-order valence-electron chi connectivity index (χ3n) is 15.2. The summed E-state index contributed by atoms with van der Waals surface area (Å²) in [6.45, 7) is 6.38. The van der Waals surface area contributed by atoms with Crippen LogP contribution in [0.15, 0.2) is 109 Å². The Kier molecular flexibility index (Phi) is 67.2. The molecule has 6 heteroatoms. The summed E-state index contributed by atoms with van der Waals surface area (Å²) in [4.78, 5) is 38.3. The number of esters is 3. The van der Waals surface area contributed by atoms with Gasteiger partial charge < -0.3 is 14.2 Å². The van der Waals surface area contributed by atoms with Crippen LogP contribution in [0, 0.1) is 0 Å². The minimum absolute atomic E-state index is 0.105. The van der Waals surface area contributed by atoms with Gasteiger partial charge in [0, 0.05) is 19.3 Å². The van der Waals surface area contributed by atoms with E-state index in [1.165, 1.54) is 180 Å². The van der Waals surface area contributed by atoms with Crippen LogP contribution in [0.5, 0.6) is 0 Å². The van der Waals surface area contributed by atoms with Crippen molar-refractivity contribution in [1.29, 1.82) is 0 Å². The van der Waals surface area contributed by atoms with Gasteiger partial charge in [0.05, 0.1) is 0 Å². The molecular formula is C77H132O6. The normalized spacial score (nSPS) is 12.8. The first-order valence-corrected chi connectivity index (χ1v) is 35.4. The molecule has 1 atom stereocenters. The molecular weight excluding hydrogens is 1020 g/mol. The summed E-state index contributed by atoms with van der Waals surface area (Å²) in [5, 5.41) is 0. The molecule has 0 saturated carbocycles. The van der Waals surface area contributed by atoms with Crippen LogP contribution >= 0.6 is 0 Å². The van der Waals surface area contributed by atoms with Gasteiger partial charge in [0.2, 0.25) is 0 Å². The SMILES string of the molecule is CC/C=C\C/C=C\C/C=C\C/C=C\C/C=C\CCCC(=O)OC(COC(=O)CCCCCCC/C=C\C/C=C\C/C=C\CC)COC(=O)CCCCCCCCCCCCCCCCCCCCCCC/C=C\CCCCCCCCCC. The largest absolute Gasteiger partial charge is 0.462 e. The van der Waals surface area contributed by atoms with Crippen molar-refractivity contribution >= 4 is 17.9 Å². The highest BCUT2D eigenvalue weighted by atomic mass is 16.6. The predicted molar refractivity (Wildman–Crippen MR) is 362 cm³/mol. The van der Waals surface area contributed by atoms with E-state index in [4.69, 9.17) is 14.2 Å². The monoisotopic (exact) mass is 1150 g/mol. The van der Waals surface area contributed by atoms with E-state index in [1.54, 1.807) is 0 Å². The van der Waals surface area contributed by atoms with Gasteiger partial charge in [-0.15, -0.1) is 0 Å².